The summed E-state index contributed by atoms with van der Waals surface area (Å²) in [6.07, 6.45) is 3.78. The summed E-state index contributed by atoms with van der Waals surface area (Å²) < 4.78 is 1.96. The summed E-state index contributed by atoms with van der Waals surface area (Å²) in [6, 6.07) is 12.3. The average molecular weight is 229 g/mol. The molecule has 0 radical (unpaired) electrons. The van der Waals surface area contributed by atoms with E-state index in [0.717, 1.165) is 5.56 Å². The Hall–Kier alpha value is -1.61. The van der Waals surface area contributed by atoms with Gasteiger partial charge in [-0.3, -0.25) is 4.68 Å². The molecular weight excluding hydrogens is 210 g/mol. The van der Waals surface area contributed by atoms with Gasteiger partial charge < -0.3 is 5.73 Å². The molecule has 3 heteroatoms. The predicted octanol–water partition coefficient (Wildman–Crippen LogP) is 2.78. The van der Waals surface area contributed by atoms with E-state index >= 15 is 0 Å². The molecule has 0 fully saturated rings. The van der Waals surface area contributed by atoms with E-state index in [0.29, 0.717) is 5.92 Å². The van der Waals surface area contributed by atoms with Crippen molar-refractivity contribution in [3.63, 3.8) is 0 Å². The van der Waals surface area contributed by atoms with Crippen LogP contribution in [0.5, 0.6) is 0 Å². The summed E-state index contributed by atoms with van der Waals surface area (Å²) in [5.74, 6) is 0.435. The molecule has 0 bridgehead atoms. The minimum Gasteiger partial charge on any atom is -0.322 e. The fourth-order valence-corrected chi connectivity index (χ4v) is 2.21. The molecular formula is C14H19N3. The Morgan fingerprint density at radius 3 is 2.35 bits per heavy atom. The van der Waals surface area contributed by atoms with Crippen molar-refractivity contribution in [3.05, 3.63) is 54.4 Å². The summed E-state index contributed by atoms with van der Waals surface area (Å²) in [7, 11) is 0. The second kappa shape index (κ2) is 5.15. The monoisotopic (exact) mass is 229 g/mol. The van der Waals surface area contributed by atoms with Crippen LogP contribution in [0.2, 0.25) is 0 Å². The van der Waals surface area contributed by atoms with E-state index < -0.39 is 0 Å². The van der Waals surface area contributed by atoms with Gasteiger partial charge in [-0.05, 0) is 17.5 Å². The number of nitrogens with two attached hydrogens (primary N) is 1. The number of nitrogens with zero attached hydrogens (tertiary/aromatic N) is 2. The van der Waals surface area contributed by atoms with Crippen molar-refractivity contribution in [2.24, 2.45) is 11.7 Å². The van der Waals surface area contributed by atoms with Crippen molar-refractivity contribution < 1.29 is 0 Å². The van der Waals surface area contributed by atoms with Gasteiger partial charge in [0.05, 0.1) is 12.1 Å². The van der Waals surface area contributed by atoms with Crippen molar-refractivity contribution >= 4 is 0 Å². The summed E-state index contributed by atoms with van der Waals surface area (Å²) >= 11 is 0. The van der Waals surface area contributed by atoms with Gasteiger partial charge in [0.25, 0.3) is 0 Å². The van der Waals surface area contributed by atoms with Crippen LogP contribution in [0.4, 0.5) is 0 Å². The van der Waals surface area contributed by atoms with E-state index in [-0.39, 0.29) is 12.1 Å². The zero-order chi connectivity index (χ0) is 12.3. The van der Waals surface area contributed by atoms with E-state index in [2.05, 4.69) is 31.1 Å². The second-order valence-electron chi connectivity index (χ2n) is 4.66. The number of hydrogen-bond acceptors (Lipinski definition) is 2. The number of hydrogen-bond donors (Lipinski definition) is 1. The third kappa shape index (κ3) is 2.56. The number of rotatable bonds is 4. The first-order valence-corrected chi connectivity index (χ1v) is 6.00. The number of benzene rings is 1. The SMILES string of the molecule is CC(C)C(C(N)c1ccccc1)n1cccn1. The summed E-state index contributed by atoms with van der Waals surface area (Å²) in [4.78, 5) is 0. The maximum atomic E-state index is 6.37. The molecule has 0 saturated carbocycles. The van der Waals surface area contributed by atoms with Crippen LogP contribution in [0.25, 0.3) is 0 Å². The lowest BCUT2D eigenvalue weighted by molar-refractivity contribution is 0.294. The second-order valence-corrected chi connectivity index (χ2v) is 4.66. The first kappa shape index (κ1) is 11.9. The molecule has 0 amide bonds. The molecule has 1 aromatic carbocycles. The van der Waals surface area contributed by atoms with Crippen LogP contribution >= 0.6 is 0 Å². The van der Waals surface area contributed by atoms with Crippen molar-refractivity contribution in [1.82, 2.24) is 9.78 Å². The molecule has 2 aromatic rings. The van der Waals surface area contributed by atoms with Crippen LogP contribution in [0, 0.1) is 5.92 Å². The van der Waals surface area contributed by atoms with Crippen molar-refractivity contribution in [1.29, 1.82) is 0 Å². The minimum atomic E-state index is -0.0314. The van der Waals surface area contributed by atoms with Crippen LogP contribution in [-0.4, -0.2) is 9.78 Å². The Balaban J connectivity index is 2.29. The maximum Gasteiger partial charge on any atom is 0.0734 e. The molecule has 1 aromatic heterocycles. The predicted molar refractivity (Wildman–Crippen MR) is 69.5 cm³/mol. The molecule has 1 heterocycles. The molecule has 0 aliphatic carbocycles. The Labute approximate surface area is 102 Å². The molecule has 3 nitrogen and oxygen atoms in total. The molecule has 0 aliphatic rings. The van der Waals surface area contributed by atoms with Crippen LogP contribution in [-0.2, 0) is 0 Å². The highest BCUT2D eigenvalue weighted by Gasteiger charge is 2.24. The van der Waals surface area contributed by atoms with E-state index in [1.165, 1.54) is 0 Å². The van der Waals surface area contributed by atoms with Gasteiger partial charge in [0, 0.05) is 12.4 Å². The molecule has 0 saturated heterocycles. The van der Waals surface area contributed by atoms with Crippen molar-refractivity contribution in [2.75, 3.05) is 0 Å². The van der Waals surface area contributed by atoms with Crippen molar-refractivity contribution in [2.45, 2.75) is 25.9 Å². The Morgan fingerprint density at radius 1 is 1.12 bits per heavy atom. The molecule has 2 unspecified atom stereocenters. The molecule has 0 spiro atoms. The zero-order valence-corrected chi connectivity index (χ0v) is 10.3. The molecule has 2 atom stereocenters. The highest BCUT2D eigenvalue weighted by atomic mass is 15.3. The third-order valence-corrected chi connectivity index (χ3v) is 3.07. The van der Waals surface area contributed by atoms with Crippen LogP contribution in [0.1, 0.15) is 31.5 Å². The first-order chi connectivity index (χ1) is 8.20. The summed E-state index contributed by atoms with van der Waals surface area (Å²) in [5, 5.41) is 4.32. The lowest BCUT2D eigenvalue weighted by Crippen LogP contribution is -2.29. The van der Waals surface area contributed by atoms with Gasteiger partial charge in [0.2, 0.25) is 0 Å². The normalized spacial score (nSPS) is 14.8. The third-order valence-electron chi connectivity index (χ3n) is 3.07. The molecule has 0 aliphatic heterocycles. The van der Waals surface area contributed by atoms with Gasteiger partial charge in [-0.15, -0.1) is 0 Å². The minimum absolute atomic E-state index is 0.0314. The van der Waals surface area contributed by atoms with Gasteiger partial charge in [-0.1, -0.05) is 44.2 Å². The van der Waals surface area contributed by atoms with Crippen LogP contribution in [0.3, 0.4) is 0 Å². The lowest BCUT2D eigenvalue weighted by atomic mass is 9.92. The molecule has 2 rings (SSSR count). The first-order valence-electron chi connectivity index (χ1n) is 6.00. The van der Waals surface area contributed by atoms with Crippen LogP contribution in [0.15, 0.2) is 48.8 Å². The fraction of sp³-hybridized carbons (Fsp3) is 0.357. The molecule has 90 valence electrons. The smallest absolute Gasteiger partial charge is 0.0734 e. The Kier molecular flexibility index (Phi) is 3.59. The summed E-state index contributed by atoms with van der Waals surface area (Å²) in [5.41, 5.74) is 7.52. The standard InChI is InChI=1S/C14H19N3/c1-11(2)14(17-10-6-9-16-17)13(15)12-7-4-3-5-8-12/h3-11,13-14H,15H2,1-2H3. The van der Waals surface area contributed by atoms with Gasteiger partial charge in [-0.2, -0.15) is 5.10 Å². The van der Waals surface area contributed by atoms with E-state index in [1.807, 2.05) is 35.1 Å². The highest BCUT2D eigenvalue weighted by Crippen LogP contribution is 2.29. The van der Waals surface area contributed by atoms with Gasteiger partial charge >= 0.3 is 0 Å². The van der Waals surface area contributed by atoms with Crippen molar-refractivity contribution in [3.8, 4) is 0 Å². The van der Waals surface area contributed by atoms with Gasteiger partial charge in [0.15, 0.2) is 0 Å². The quantitative estimate of drug-likeness (QED) is 0.876. The zero-order valence-electron chi connectivity index (χ0n) is 10.3. The lowest BCUT2D eigenvalue weighted by Gasteiger charge is -2.28. The maximum absolute atomic E-state index is 6.37. The Morgan fingerprint density at radius 2 is 1.82 bits per heavy atom. The van der Waals surface area contributed by atoms with Crippen LogP contribution < -0.4 is 5.73 Å². The largest absolute Gasteiger partial charge is 0.322 e. The molecule has 2 N–H and O–H groups in total. The molecule has 17 heavy (non-hydrogen) atoms. The van der Waals surface area contributed by atoms with E-state index in [9.17, 15) is 0 Å². The van der Waals surface area contributed by atoms with Gasteiger partial charge in [-0.25, -0.2) is 0 Å². The highest BCUT2D eigenvalue weighted by molar-refractivity contribution is 5.20. The van der Waals surface area contributed by atoms with E-state index in [1.54, 1.807) is 6.20 Å². The Bertz CT molecular complexity index is 434. The fourth-order valence-electron chi connectivity index (χ4n) is 2.21. The average Bonchev–Trinajstić information content (AvgIpc) is 2.83. The number of aromatic nitrogens is 2. The van der Waals surface area contributed by atoms with E-state index in [4.69, 9.17) is 5.73 Å². The topological polar surface area (TPSA) is 43.8 Å². The summed E-state index contributed by atoms with van der Waals surface area (Å²) in [6.45, 7) is 4.35. The van der Waals surface area contributed by atoms with Gasteiger partial charge in [0.1, 0.15) is 0 Å².